The summed E-state index contributed by atoms with van der Waals surface area (Å²) >= 11 is 0. The molecule has 0 unspecified atom stereocenters. The fourth-order valence-corrected chi connectivity index (χ4v) is 14.5. The van der Waals surface area contributed by atoms with Gasteiger partial charge in [0.15, 0.2) is 0 Å². The van der Waals surface area contributed by atoms with Crippen LogP contribution in [0, 0.1) is 20.8 Å². The van der Waals surface area contributed by atoms with Crippen LogP contribution in [0.25, 0.3) is 82.5 Å². The van der Waals surface area contributed by atoms with Gasteiger partial charge < -0.3 is 13.7 Å². The fourth-order valence-electron chi connectivity index (χ4n) is 14.5. The van der Waals surface area contributed by atoms with Crippen LogP contribution in [0.1, 0.15) is 16.7 Å². The van der Waals surface area contributed by atoms with Crippen LogP contribution >= 0.6 is 0 Å². The van der Waals surface area contributed by atoms with Crippen molar-refractivity contribution in [3.63, 3.8) is 0 Å². The molecule has 6 heterocycles. The molecule has 0 N–H and O–H groups in total. The third kappa shape index (κ3) is 7.19. The topological polar surface area (TPSA) is 14.8 Å². The lowest BCUT2D eigenvalue weighted by Crippen LogP contribution is -2.56. The quantitative estimate of drug-likeness (QED) is 0.157. The standard InChI is InChI=1S/3C25H18BN/c1-17-9-7-16-23-24(17)26(18-10-3-2-4-11-18)21-14-8-13-20-19-12-5-6-15-22(19)27(23)25(20)21;1-17-14-15-21-24(16-17)27-23-13-6-5-10-19(23)20-11-7-12-22(25(20)27)26(21)18-8-3-2-4-9-18;1-17-14-15-24-22(16-17)26(18-8-3-2-4-9-18)21-12-7-11-20-19-10-5-6-13-23(19)27(24)25(20)21/h3*2-16H,1H3. The molecular weight excluding hydrogens is 975 g/mol. The lowest BCUT2D eigenvalue weighted by Gasteiger charge is -2.28. The van der Waals surface area contributed by atoms with Crippen LogP contribution in [0.2, 0.25) is 0 Å². The smallest absolute Gasteiger partial charge is 0.247 e. The van der Waals surface area contributed by atoms with Crippen molar-refractivity contribution in [1.82, 2.24) is 13.7 Å². The summed E-state index contributed by atoms with van der Waals surface area (Å²) in [6, 6.07) is 99.9. The van der Waals surface area contributed by atoms with Crippen molar-refractivity contribution in [3.05, 3.63) is 290 Å². The number of benzene rings is 12. The number of hydrogen-bond donors (Lipinski definition) is 0. The second-order valence-electron chi connectivity index (χ2n) is 22.5. The highest BCUT2D eigenvalue weighted by Crippen LogP contribution is 2.36. The van der Waals surface area contributed by atoms with Crippen molar-refractivity contribution in [3.8, 4) is 17.1 Å². The molecule has 81 heavy (non-hydrogen) atoms. The average Bonchev–Trinajstić information content (AvgIpc) is 4.38. The Bertz CT molecular complexity index is 4910. The largest absolute Gasteiger partial charge is 0.310 e. The van der Waals surface area contributed by atoms with E-state index in [9.17, 15) is 0 Å². The molecule has 18 rings (SSSR count). The Morgan fingerprint density at radius 2 is 0.630 bits per heavy atom. The number of aromatic nitrogens is 3. The number of aryl methyl sites for hydroxylation is 3. The summed E-state index contributed by atoms with van der Waals surface area (Å²) in [5.74, 6) is 0. The minimum absolute atomic E-state index is 0.265. The van der Waals surface area contributed by atoms with Gasteiger partial charge >= 0.3 is 0 Å². The van der Waals surface area contributed by atoms with Crippen LogP contribution in [-0.4, -0.2) is 33.8 Å². The van der Waals surface area contributed by atoms with Crippen LogP contribution in [0.15, 0.2) is 273 Å². The minimum Gasteiger partial charge on any atom is -0.310 e. The summed E-state index contributed by atoms with van der Waals surface area (Å²) in [5, 5.41) is 8.02. The molecule has 0 spiro atoms. The molecule has 3 aliphatic rings. The van der Waals surface area contributed by atoms with E-state index < -0.39 is 0 Å². The maximum Gasteiger partial charge on any atom is 0.247 e. The monoisotopic (exact) mass is 1030 g/mol. The zero-order valence-electron chi connectivity index (χ0n) is 45.6. The Hall–Kier alpha value is -9.77. The van der Waals surface area contributed by atoms with Gasteiger partial charge in [0, 0.05) is 65.9 Å². The van der Waals surface area contributed by atoms with Gasteiger partial charge in [-0.25, -0.2) is 0 Å². The van der Waals surface area contributed by atoms with E-state index in [4.69, 9.17) is 0 Å². The predicted molar refractivity (Wildman–Crippen MR) is 350 cm³/mol. The van der Waals surface area contributed by atoms with E-state index in [1.54, 1.807) is 0 Å². The second kappa shape index (κ2) is 18.7. The molecule has 0 saturated heterocycles. The Morgan fingerprint density at radius 3 is 1.15 bits per heavy atom. The van der Waals surface area contributed by atoms with E-state index in [1.807, 2.05) is 0 Å². The molecule has 15 aromatic rings. The molecule has 0 bridgehead atoms. The van der Waals surface area contributed by atoms with E-state index in [-0.39, 0.29) is 20.1 Å². The van der Waals surface area contributed by atoms with Gasteiger partial charge in [0.05, 0.1) is 16.6 Å². The summed E-state index contributed by atoms with van der Waals surface area (Å²) < 4.78 is 7.41. The molecule has 3 aromatic heterocycles. The van der Waals surface area contributed by atoms with Gasteiger partial charge in [0.25, 0.3) is 0 Å². The molecule has 3 nitrogen and oxygen atoms in total. The van der Waals surface area contributed by atoms with Crippen molar-refractivity contribution in [2.45, 2.75) is 20.8 Å². The maximum absolute atomic E-state index is 2.47. The Morgan fingerprint density at radius 1 is 0.247 bits per heavy atom. The predicted octanol–water partition coefficient (Wildman–Crippen LogP) is 11.8. The van der Waals surface area contributed by atoms with Crippen molar-refractivity contribution in [1.29, 1.82) is 0 Å². The molecule has 0 radical (unpaired) electrons. The molecule has 0 aliphatic carbocycles. The molecule has 3 aliphatic heterocycles. The molecule has 12 aromatic carbocycles. The highest BCUT2D eigenvalue weighted by atomic mass is 15.0. The summed E-state index contributed by atoms with van der Waals surface area (Å²) in [6.45, 7) is 7.41. The first-order valence-electron chi connectivity index (χ1n) is 28.5. The molecule has 0 fully saturated rings. The Balaban J connectivity index is 0.000000100. The highest BCUT2D eigenvalue weighted by Gasteiger charge is 2.37. The lowest BCUT2D eigenvalue weighted by molar-refractivity contribution is 1.18. The van der Waals surface area contributed by atoms with E-state index in [1.165, 1.54) is 148 Å². The number of para-hydroxylation sites is 6. The minimum atomic E-state index is 0.265. The molecule has 6 heteroatoms. The first-order valence-corrected chi connectivity index (χ1v) is 28.5. The van der Waals surface area contributed by atoms with Gasteiger partial charge in [-0.05, 0) is 95.5 Å². The van der Waals surface area contributed by atoms with Crippen molar-refractivity contribution in [2.75, 3.05) is 0 Å². The lowest BCUT2D eigenvalue weighted by atomic mass is 9.35. The van der Waals surface area contributed by atoms with Gasteiger partial charge in [-0.3, -0.25) is 0 Å². The number of hydrogen-bond acceptors (Lipinski definition) is 0. The van der Waals surface area contributed by atoms with Crippen LogP contribution < -0.4 is 49.2 Å². The van der Waals surface area contributed by atoms with Crippen LogP contribution in [-0.2, 0) is 0 Å². The number of nitrogens with zero attached hydrogens (tertiary/aromatic N) is 3. The van der Waals surface area contributed by atoms with E-state index in [0.717, 1.165) is 0 Å². The third-order valence-electron chi connectivity index (χ3n) is 17.8. The third-order valence-corrected chi connectivity index (χ3v) is 17.8. The van der Waals surface area contributed by atoms with Crippen LogP contribution in [0.4, 0.5) is 0 Å². The molecule has 378 valence electrons. The highest BCUT2D eigenvalue weighted by molar-refractivity contribution is 6.99. The maximum atomic E-state index is 2.47. The van der Waals surface area contributed by atoms with Crippen molar-refractivity contribution < 1.29 is 0 Å². The van der Waals surface area contributed by atoms with Crippen molar-refractivity contribution >= 4 is 135 Å². The van der Waals surface area contributed by atoms with Crippen LogP contribution in [0.3, 0.4) is 0 Å². The first kappa shape index (κ1) is 47.3. The Kier molecular flexibility index (Phi) is 10.9. The van der Waals surface area contributed by atoms with E-state index in [0.29, 0.717) is 0 Å². The SMILES string of the molecule is Cc1ccc2c(c1)-n1c3ccccc3c3cccc(c31)B2c1ccccc1.Cc1ccc2c(c1)B(c1ccccc1)c1cccc3c4ccccc4n-2c13.Cc1cccc2c1B(c1ccccc1)c1cccc3c4ccccc4n-2c13. The molecule has 0 saturated carbocycles. The van der Waals surface area contributed by atoms with Gasteiger partial charge in [0.2, 0.25) is 20.1 Å². The molecule has 0 amide bonds. The average molecular weight is 1030 g/mol. The summed E-state index contributed by atoms with van der Waals surface area (Å²) in [5.41, 5.74) is 28.3. The van der Waals surface area contributed by atoms with Crippen LogP contribution in [0.5, 0.6) is 0 Å². The summed E-state index contributed by atoms with van der Waals surface area (Å²) in [7, 11) is 0. The normalized spacial score (nSPS) is 12.6. The summed E-state index contributed by atoms with van der Waals surface area (Å²) in [6.07, 6.45) is 0. The second-order valence-corrected chi connectivity index (χ2v) is 22.5. The van der Waals surface area contributed by atoms with Crippen molar-refractivity contribution in [2.24, 2.45) is 0 Å². The van der Waals surface area contributed by atoms with Gasteiger partial charge in [-0.15, -0.1) is 0 Å². The van der Waals surface area contributed by atoms with E-state index in [2.05, 4.69) is 307 Å². The number of fused-ring (bicyclic) bond motifs is 15. The summed E-state index contributed by atoms with van der Waals surface area (Å²) in [4.78, 5) is 0. The molecule has 0 atom stereocenters. The first-order chi connectivity index (χ1) is 40.0. The fraction of sp³-hybridized carbons (Fsp3) is 0.0400. The molecular formula is C75H54B3N3. The van der Waals surface area contributed by atoms with Gasteiger partial charge in [-0.2, -0.15) is 0 Å². The Labute approximate surface area is 473 Å². The zero-order chi connectivity index (χ0) is 53.9. The zero-order valence-corrected chi connectivity index (χ0v) is 45.6. The van der Waals surface area contributed by atoms with E-state index >= 15 is 0 Å². The number of rotatable bonds is 3. The van der Waals surface area contributed by atoms with Gasteiger partial charge in [-0.1, -0.05) is 264 Å². The van der Waals surface area contributed by atoms with Gasteiger partial charge in [0.1, 0.15) is 0 Å².